The highest BCUT2D eigenvalue weighted by Crippen LogP contribution is 2.34. The van der Waals surface area contributed by atoms with Gasteiger partial charge >= 0.3 is 12.0 Å². The van der Waals surface area contributed by atoms with Crippen LogP contribution in [-0.4, -0.2) is 60.9 Å². The second-order valence-electron chi connectivity index (χ2n) is 7.19. The van der Waals surface area contributed by atoms with Crippen LogP contribution in [0, 0.1) is 0 Å². The number of esters is 1. The Morgan fingerprint density at radius 2 is 1.93 bits per heavy atom. The van der Waals surface area contributed by atoms with Crippen LogP contribution in [-0.2, 0) is 9.47 Å². The van der Waals surface area contributed by atoms with Crippen molar-refractivity contribution in [2.75, 3.05) is 37.0 Å². The number of rotatable bonds is 5. The Kier molecular flexibility index (Phi) is 6.83. The van der Waals surface area contributed by atoms with Gasteiger partial charge in [-0.1, -0.05) is 0 Å². The van der Waals surface area contributed by atoms with Crippen molar-refractivity contribution in [3.05, 3.63) is 36.3 Å². The number of ether oxygens (including phenoxy) is 2. The number of hydrogen-bond acceptors (Lipinski definition) is 7. The Balaban J connectivity index is 2.03. The first-order valence-electron chi connectivity index (χ1n) is 9.90. The first-order chi connectivity index (χ1) is 14.4. The zero-order chi connectivity index (χ0) is 21.7. The van der Waals surface area contributed by atoms with Gasteiger partial charge in [-0.05, 0) is 26.8 Å². The quantitative estimate of drug-likeness (QED) is 0.726. The Bertz CT molecular complexity index is 910. The number of pyridine rings is 2. The molecule has 0 bridgehead atoms. The van der Waals surface area contributed by atoms with E-state index in [-0.39, 0.29) is 18.2 Å². The van der Waals surface area contributed by atoms with Crippen molar-refractivity contribution >= 4 is 23.5 Å². The van der Waals surface area contributed by atoms with Crippen LogP contribution in [0.25, 0.3) is 11.1 Å². The standard InChI is InChI=1S/C21H27N5O4/c1-5-23-21(28)25-19-7-18(26-11-13(2)30-14(3)12-26)17(10-24-19)15-6-16(9-22-8-15)20(27)29-4/h6-10,13-14H,5,11-12H2,1-4H3,(H2,23,24,25,28). The number of amides is 2. The van der Waals surface area contributed by atoms with Gasteiger partial charge in [-0.3, -0.25) is 10.3 Å². The molecule has 3 heterocycles. The minimum absolute atomic E-state index is 0.0501. The molecule has 0 radical (unpaired) electrons. The fourth-order valence-corrected chi connectivity index (χ4v) is 3.51. The summed E-state index contributed by atoms with van der Waals surface area (Å²) in [6.45, 7) is 7.78. The van der Waals surface area contributed by atoms with Gasteiger partial charge in [-0.2, -0.15) is 0 Å². The molecular weight excluding hydrogens is 386 g/mol. The molecule has 9 heteroatoms. The minimum Gasteiger partial charge on any atom is -0.465 e. The third-order valence-electron chi connectivity index (χ3n) is 4.69. The number of aromatic nitrogens is 2. The lowest BCUT2D eigenvalue weighted by atomic mass is 10.0. The van der Waals surface area contributed by atoms with E-state index in [4.69, 9.17) is 9.47 Å². The molecule has 2 N–H and O–H groups in total. The van der Waals surface area contributed by atoms with E-state index in [1.54, 1.807) is 18.5 Å². The highest BCUT2D eigenvalue weighted by molar-refractivity contribution is 5.92. The van der Waals surface area contributed by atoms with Gasteiger partial charge in [0.25, 0.3) is 0 Å². The third kappa shape index (κ3) is 5.04. The molecule has 0 aromatic carbocycles. The van der Waals surface area contributed by atoms with E-state index in [0.717, 1.165) is 16.8 Å². The molecule has 1 fully saturated rings. The van der Waals surface area contributed by atoms with Crippen molar-refractivity contribution in [1.29, 1.82) is 0 Å². The van der Waals surface area contributed by atoms with Crippen LogP contribution in [0.15, 0.2) is 30.7 Å². The molecule has 2 aromatic heterocycles. The summed E-state index contributed by atoms with van der Waals surface area (Å²) in [5.41, 5.74) is 2.77. The van der Waals surface area contributed by atoms with Gasteiger partial charge in [-0.25, -0.2) is 14.6 Å². The minimum atomic E-state index is -0.456. The Hall–Kier alpha value is -3.20. The molecule has 1 aliphatic rings. The van der Waals surface area contributed by atoms with Gasteiger partial charge in [0.1, 0.15) is 5.82 Å². The lowest BCUT2D eigenvalue weighted by Gasteiger charge is -2.37. The van der Waals surface area contributed by atoms with Crippen LogP contribution in [0.5, 0.6) is 0 Å². The first kappa shape index (κ1) is 21.5. The summed E-state index contributed by atoms with van der Waals surface area (Å²) >= 11 is 0. The van der Waals surface area contributed by atoms with E-state index in [1.165, 1.54) is 13.3 Å². The lowest BCUT2D eigenvalue weighted by Crippen LogP contribution is -2.45. The summed E-state index contributed by atoms with van der Waals surface area (Å²) in [5.74, 6) is -0.0226. The van der Waals surface area contributed by atoms with Crippen molar-refractivity contribution in [3.8, 4) is 11.1 Å². The number of methoxy groups -OCH3 is 1. The molecule has 0 spiro atoms. The summed E-state index contributed by atoms with van der Waals surface area (Å²) in [6.07, 6.45) is 4.92. The summed E-state index contributed by atoms with van der Waals surface area (Å²) in [7, 11) is 1.33. The maximum Gasteiger partial charge on any atom is 0.339 e. The average Bonchev–Trinajstić information content (AvgIpc) is 2.72. The number of morpholine rings is 1. The number of anilines is 2. The predicted octanol–water partition coefficient (Wildman–Crippen LogP) is 2.69. The average molecular weight is 413 g/mol. The van der Waals surface area contributed by atoms with Crippen LogP contribution >= 0.6 is 0 Å². The van der Waals surface area contributed by atoms with E-state index in [1.807, 2.05) is 26.8 Å². The Morgan fingerprint density at radius 3 is 2.60 bits per heavy atom. The van der Waals surface area contributed by atoms with Gasteiger partial charge in [0, 0.05) is 55.4 Å². The molecule has 3 rings (SSSR count). The van der Waals surface area contributed by atoms with Crippen LogP contribution in [0.3, 0.4) is 0 Å². The van der Waals surface area contributed by atoms with Gasteiger partial charge in [0.15, 0.2) is 0 Å². The Labute approximate surface area is 175 Å². The van der Waals surface area contributed by atoms with E-state index < -0.39 is 5.97 Å². The van der Waals surface area contributed by atoms with Gasteiger partial charge < -0.3 is 19.7 Å². The fourth-order valence-electron chi connectivity index (χ4n) is 3.51. The second kappa shape index (κ2) is 9.53. The summed E-state index contributed by atoms with van der Waals surface area (Å²) in [5, 5.41) is 5.45. The second-order valence-corrected chi connectivity index (χ2v) is 7.19. The number of urea groups is 1. The monoisotopic (exact) mass is 413 g/mol. The molecule has 2 aromatic rings. The molecule has 2 unspecified atom stereocenters. The van der Waals surface area contributed by atoms with E-state index >= 15 is 0 Å². The topological polar surface area (TPSA) is 106 Å². The van der Waals surface area contributed by atoms with Crippen LogP contribution < -0.4 is 15.5 Å². The number of carbonyl (C=O) groups excluding carboxylic acids is 2. The first-order valence-corrected chi connectivity index (χ1v) is 9.90. The largest absolute Gasteiger partial charge is 0.465 e. The van der Waals surface area contributed by atoms with E-state index in [2.05, 4.69) is 25.5 Å². The number of nitrogens with zero attached hydrogens (tertiary/aromatic N) is 3. The van der Waals surface area contributed by atoms with E-state index in [9.17, 15) is 9.59 Å². The molecule has 1 saturated heterocycles. The molecule has 2 amide bonds. The smallest absolute Gasteiger partial charge is 0.339 e. The van der Waals surface area contributed by atoms with Gasteiger partial charge in [0.2, 0.25) is 0 Å². The summed E-state index contributed by atoms with van der Waals surface area (Å²) in [4.78, 5) is 34.7. The zero-order valence-electron chi connectivity index (χ0n) is 17.6. The fraction of sp³-hybridized carbons (Fsp3) is 0.429. The van der Waals surface area contributed by atoms with Gasteiger partial charge in [0.05, 0.1) is 30.6 Å². The van der Waals surface area contributed by atoms with Crippen molar-refractivity contribution in [3.63, 3.8) is 0 Å². The number of nitrogens with one attached hydrogen (secondary N) is 2. The lowest BCUT2D eigenvalue weighted by molar-refractivity contribution is -0.00519. The van der Waals surface area contributed by atoms with E-state index in [0.29, 0.717) is 31.0 Å². The maximum atomic E-state index is 12.0. The zero-order valence-corrected chi connectivity index (χ0v) is 17.6. The molecule has 9 nitrogen and oxygen atoms in total. The molecule has 160 valence electrons. The SMILES string of the molecule is CCNC(=O)Nc1cc(N2CC(C)OC(C)C2)c(-c2cncc(C(=O)OC)c2)cn1. The van der Waals surface area contributed by atoms with Crippen molar-refractivity contribution in [2.45, 2.75) is 33.0 Å². The summed E-state index contributed by atoms with van der Waals surface area (Å²) < 4.78 is 10.7. The Morgan fingerprint density at radius 1 is 1.20 bits per heavy atom. The van der Waals surface area contributed by atoms with Crippen LogP contribution in [0.1, 0.15) is 31.1 Å². The maximum absolute atomic E-state index is 12.0. The number of carbonyl (C=O) groups is 2. The van der Waals surface area contributed by atoms with Crippen LogP contribution in [0.4, 0.5) is 16.3 Å². The van der Waals surface area contributed by atoms with Crippen molar-refractivity contribution in [1.82, 2.24) is 15.3 Å². The molecule has 30 heavy (non-hydrogen) atoms. The van der Waals surface area contributed by atoms with Gasteiger partial charge in [-0.15, -0.1) is 0 Å². The third-order valence-corrected chi connectivity index (χ3v) is 4.69. The highest BCUT2D eigenvalue weighted by Gasteiger charge is 2.25. The molecule has 0 aliphatic carbocycles. The molecule has 2 atom stereocenters. The molecular formula is C21H27N5O4. The molecule has 1 aliphatic heterocycles. The number of hydrogen-bond donors (Lipinski definition) is 2. The van der Waals surface area contributed by atoms with Crippen molar-refractivity contribution < 1.29 is 19.1 Å². The van der Waals surface area contributed by atoms with Crippen LogP contribution in [0.2, 0.25) is 0 Å². The highest BCUT2D eigenvalue weighted by atomic mass is 16.5. The van der Waals surface area contributed by atoms with Crippen molar-refractivity contribution in [2.24, 2.45) is 0 Å². The predicted molar refractivity (Wildman–Crippen MR) is 114 cm³/mol. The normalized spacial score (nSPS) is 18.6. The molecule has 0 saturated carbocycles. The summed E-state index contributed by atoms with van der Waals surface area (Å²) in [6, 6.07) is 3.24.